The van der Waals surface area contributed by atoms with Gasteiger partial charge in [0.25, 0.3) is 12.3 Å². The van der Waals surface area contributed by atoms with Crippen molar-refractivity contribution in [3.8, 4) is 0 Å². The summed E-state index contributed by atoms with van der Waals surface area (Å²) in [6.45, 7) is 2.02. The van der Waals surface area contributed by atoms with Gasteiger partial charge < -0.3 is 15.2 Å². The number of nitrogens with one attached hydrogen (secondary N) is 2. The van der Waals surface area contributed by atoms with E-state index in [0.717, 1.165) is 19.5 Å². The highest BCUT2D eigenvalue weighted by molar-refractivity contribution is 5.92. The van der Waals surface area contributed by atoms with E-state index in [1.165, 1.54) is 10.8 Å². The zero-order valence-electron chi connectivity index (χ0n) is 10.0. The fourth-order valence-corrected chi connectivity index (χ4v) is 2.14. The van der Waals surface area contributed by atoms with Gasteiger partial charge in [0.2, 0.25) is 0 Å². The van der Waals surface area contributed by atoms with Gasteiger partial charge in [-0.2, -0.15) is 0 Å². The standard InChI is InChI=1S/C12H17F2N3O/c13-11(14)8-17-5-1-2-10(17)12(18)16-7-9-3-4-15-6-9/h1-2,5,9,11,15H,3-4,6-8H2,(H,16,18). The molecule has 0 saturated carbocycles. The van der Waals surface area contributed by atoms with Crippen LogP contribution in [-0.2, 0) is 6.54 Å². The summed E-state index contributed by atoms with van der Waals surface area (Å²) in [6, 6.07) is 3.17. The van der Waals surface area contributed by atoms with E-state index in [1.807, 2.05) is 0 Å². The highest BCUT2D eigenvalue weighted by atomic mass is 19.3. The number of hydrogen-bond acceptors (Lipinski definition) is 2. The lowest BCUT2D eigenvalue weighted by molar-refractivity contribution is 0.0925. The van der Waals surface area contributed by atoms with Crippen LogP contribution < -0.4 is 10.6 Å². The number of rotatable bonds is 5. The molecule has 18 heavy (non-hydrogen) atoms. The van der Waals surface area contributed by atoms with Crippen molar-refractivity contribution < 1.29 is 13.6 Å². The Hall–Kier alpha value is -1.43. The van der Waals surface area contributed by atoms with Gasteiger partial charge >= 0.3 is 0 Å². The number of carbonyl (C=O) groups is 1. The molecule has 1 aliphatic heterocycles. The fraction of sp³-hybridized carbons (Fsp3) is 0.583. The molecule has 0 bridgehead atoms. The third kappa shape index (κ3) is 3.29. The van der Waals surface area contributed by atoms with E-state index in [4.69, 9.17) is 0 Å². The van der Waals surface area contributed by atoms with Crippen LogP contribution in [0.1, 0.15) is 16.9 Å². The molecule has 0 radical (unpaired) electrons. The van der Waals surface area contributed by atoms with Crippen molar-refractivity contribution in [2.24, 2.45) is 5.92 Å². The zero-order chi connectivity index (χ0) is 13.0. The molecule has 1 saturated heterocycles. The maximum absolute atomic E-state index is 12.3. The first kappa shape index (κ1) is 13.0. The number of alkyl halides is 2. The summed E-state index contributed by atoms with van der Waals surface area (Å²) in [4.78, 5) is 11.9. The van der Waals surface area contributed by atoms with Crippen LogP contribution in [0, 0.1) is 5.92 Å². The number of amides is 1. The first-order chi connectivity index (χ1) is 8.66. The molecule has 4 nitrogen and oxygen atoms in total. The molecule has 1 aliphatic rings. The van der Waals surface area contributed by atoms with Gasteiger partial charge in [-0.15, -0.1) is 0 Å². The van der Waals surface area contributed by atoms with Gasteiger partial charge in [-0.25, -0.2) is 8.78 Å². The minimum atomic E-state index is -2.46. The summed E-state index contributed by atoms with van der Waals surface area (Å²) < 4.78 is 25.9. The van der Waals surface area contributed by atoms with Crippen LogP contribution >= 0.6 is 0 Å². The summed E-state index contributed by atoms with van der Waals surface area (Å²) in [6.07, 6.45) is 0.0826. The summed E-state index contributed by atoms with van der Waals surface area (Å²) in [5.41, 5.74) is 0.293. The second-order valence-electron chi connectivity index (χ2n) is 4.51. The first-order valence-electron chi connectivity index (χ1n) is 6.09. The van der Waals surface area contributed by atoms with Gasteiger partial charge in [0.15, 0.2) is 0 Å². The van der Waals surface area contributed by atoms with E-state index in [0.29, 0.717) is 18.2 Å². The van der Waals surface area contributed by atoms with Crippen LogP contribution in [0.2, 0.25) is 0 Å². The maximum atomic E-state index is 12.3. The van der Waals surface area contributed by atoms with E-state index in [9.17, 15) is 13.6 Å². The van der Waals surface area contributed by atoms with Gasteiger partial charge in [0.05, 0.1) is 6.54 Å². The van der Waals surface area contributed by atoms with Crippen LogP contribution in [0.15, 0.2) is 18.3 Å². The smallest absolute Gasteiger partial charge is 0.267 e. The molecular formula is C12H17F2N3O. The highest BCUT2D eigenvalue weighted by Gasteiger charge is 2.17. The molecule has 1 aromatic heterocycles. The molecule has 6 heteroatoms. The van der Waals surface area contributed by atoms with E-state index in [-0.39, 0.29) is 5.91 Å². The Morgan fingerprint density at radius 3 is 3.11 bits per heavy atom. The van der Waals surface area contributed by atoms with E-state index < -0.39 is 13.0 Å². The molecule has 1 fully saturated rings. The van der Waals surface area contributed by atoms with E-state index >= 15 is 0 Å². The molecule has 1 unspecified atom stereocenters. The Bertz CT molecular complexity index is 400. The van der Waals surface area contributed by atoms with Crippen LogP contribution in [0.4, 0.5) is 8.78 Å². The van der Waals surface area contributed by atoms with E-state index in [1.54, 1.807) is 12.1 Å². The Kier molecular flexibility index (Phi) is 4.30. The number of aromatic nitrogens is 1. The van der Waals surface area contributed by atoms with Crippen molar-refractivity contribution in [2.75, 3.05) is 19.6 Å². The summed E-state index contributed by atoms with van der Waals surface area (Å²) in [5, 5.41) is 6.01. The average molecular weight is 257 g/mol. The molecule has 1 amide bonds. The highest BCUT2D eigenvalue weighted by Crippen LogP contribution is 2.08. The maximum Gasteiger partial charge on any atom is 0.267 e. The first-order valence-corrected chi connectivity index (χ1v) is 6.09. The number of carbonyl (C=O) groups excluding carboxylic acids is 1. The normalized spacial score (nSPS) is 19.4. The van der Waals surface area contributed by atoms with Crippen molar-refractivity contribution in [1.29, 1.82) is 0 Å². The summed E-state index contributed by atoms with van der Waals surface area (Å²) in [5.74, 6) is 0.153. The topological polar surface area (TPSA) is 46.1 Å². The zero-order valence-corrected chi connectivity index (χ0v) is 10.0. The Morgan fingerprint density at radius 1 is 1.61 bits per heavy atom. The molecule has 1 aromatic rings. The number of nitrogens with zero attached hydrogens (tertiary/aromatic N) is 1. The third-order valence-electron chi connectivity index (χ3n) is 3.11. The molecule has 2 N–H and O–H groups in total. The molecule has 0 aromatic carbocycles. The van der Waals surface area contributed by atoms with Crippen molar-refractivity contribution >= 4 is 5.91 Å². The summed E-state index contributed by atoms with van der Waals surface area (Å²) in [7, 11) is 0. The van der Waals surface area contributed by atoms with Crippen molar-refractivity contribution in [3.05, 3.63) is 24.0 Å². The minimum Gasteiger partial charge on any atom is -0.350 e. The van der Waals surface area contributed by atoms with Crippen LogP contribution in [0.25, 0.3) is 0 Å². The largest absolute Gasteiger partial charge is 0.350 e. The molecule has 100 valence electrons. The molecule has 2 rings (SSSR count). The average Bonchev–Trinajstić information content (AvgIpc) is 2.95. The quantitative estimate of drug-likeness (QED) is 0.829. The minimum absolute atomic E-state index is 0.285. The Balaban J connectivity index is 1.89. The van der Waals surface area contributed by atoms with Crippen molar-refractivity contribution in [3.63, 3.8) is 0 Å². The molecule has 0 spiro atoms. The fourth-order valence-electron chi connectivity index (χ4n) is 2.14. The predicted octanol–water partition coefficient (Wildman–Crippen LogP) is 1.09. The SMILES string of the molecule is O=C(NCC1CCNC1)c1cccn1CC(F)F. The van der Waals surface area contributed by atoms with Crippen LogP contribution in [0.3, 0.4) is 0 Å². The second kappa shape index (κ2) is 5.95. The van der Waals surface area contributed by atoms with Crippen molar-refractivity contribution in [1.82, 2.24) is 15.2 Å². The van der Waals surface area contributed by atoms with Crippen LogP contribution in [-0.4, -0.2) is 36.5 Å². The summed E-state index contributed by atoms with van der Waals surface area (Å²) >= 11 is 0. The lowest BCUT2D eigenvalue weighted by atomic mass is 10.1. The second-order valence-corrected chi connectivity index (χ2v) is 4.51. The van der Waals surface area contributed by atoms with Gasteiger partial charge in [0, 0.05) is 12.7 Å². The molecule has 0 aliphatic carbocycles. The van der Waals surface area contributed by atoms with Gasteiger partial charge in [-0.05, 0) is 37.6 Å². The molecule has 1 atom stereocenters. The van der Waals surface area contributed by atoms with Gasteiger partial charge in [0.1, 0.15) is 5.69 Å². The third-order valence-corrected chi connectivity index (χ3v) is 3.11. The molecule has 2 heterocycles. The molecular weight excluding hydrogens is 240 g/mol. The Labute approximate surface area is 104 Å². The number of halogens is 2. The Morgan fingerprint density at radius 2 is 2.44 bits per heavy atom. The predicted molar refractivity (Wildman–Crippen MR) is 63.7 cm³/mol. The monoisotopic (exact) mass is 257 g/mol. The van der Waals surface area contributed by atoms with E-state index in [2.05, 4.69) is 10.6 Å². The van der Waals surface area contributed by atoms with Crippen molar-refractivity contribution in [2.45, 2.75) is 19.4 Å². The number of hydrogen-bond donors (Lipinski definition) is 2. The van der Waals surface area contributed by atoms with Gasteiger partial charge in [-0.1, -0.05) is 0 Å². The lowest BCUT2D eigenvalue weighted by Crippen LogP contribution is -2.31. The van der Waals surface area contributed by atoms with Gasteiger partial charge in [-0.3, -0.25) is 4.79 Å². The van der Waals surface area contributed by atoms with Crippen LogP contribution in [0.5, 0.6) is 0 Å². The lowest BCUT2D eigenvalue weighted by Gasteiger charge is -2.12.